The Morgan fingerprint density at radius 3 is 2.80 bits per heavy atom. The van der Waals surface area contributed by atoms with Gasteiger partial charge >= 0.3 is 6.03 Å². The summed E-state index contributed by atoms with van der Waals surface area (Å²) in [6.45, 7) is 0.489. The van der Waals surface area contributed by atoms with Crippen molar-refractivity contribution in [1.82, 2.24) is 10.2 Å². The summed E-state index contributed by atoms with van der Waals surface area (Å²) in [6, 6.07) is 3.86. The van der Waals surface area contributed by atoms with E-state index in [1.807, 2.05) is 0 Å². The molecule has 1 rings (SSSR count). The Labute approximate surface area is 91.7 Å². The molecule has 15 heavy (non-hydrogen) atoms. The Balaban J connectivity index is 2.75. The lowest BCUT2D eigenvalue weighted by Crippen LogP contribution is -2.29. The van der Waals surface area contributed by atoms with Gasteiger partial charge in [-0.05, 0) is 29.5 Å². The molecule has 0 bridgehead atoms. The minimum absolute atomic E-state index is 0.0668. The first-order valence-corrected chi connectivity index (χ1v) is 4.65. The molecule has 1 aromatic carbocycles. The van der Waals surface area contributed by atoms with Crippen molar-refractivity contribution in [2.75, 3.05) is 0 Å². The molecule has 0 aliphatic rings. The predicted molar refractivity (Wildman–Crippen MR) is 55.5 cm³/mol. The number of hydrogen-bond donors (Lipinski definition) is 3. The quantitative estimate of drug-likeness (QED) is 0.683. The lowest BCUT2D eigenvalue weighted by Gasteiger charge is -2.06. The zero-order valence-corrected chi connectivity index (χ0v) is 8.64. The predicted octanol–water partition coefficient (Wildman–Crippen LogP) is 1.24. The van der Waals surface area contributed by atoms with E-state index in [9.17, 15) is 9.18 Å². The maximum absolute atomic E-state index is 13.2. The standard InChI is InChI=1S/C9H11ClFN3O/c10-14-4-6-1-2-8(11)7(3-6)5-13-9(12)15/h1-3,14H,4-5H2,(H3,12,13,15). The van der Waals surface area contributed by atoms with E-state index >= 15 is 0 Å². The van der Waals surface area contributed by atoms with Gasteiger partial charge in [-0.3, -0.25) is 0 Å². The average molecular weight is 232 g/mol. The second-order valence-corrected chi connectivity index (χ2v) is 3.22. The number of amides is 2. The van der Waals surface area contributed by atoms with Crippen LogP contribution in [0.2, 0.25) is 0 Å². The highest BCUT2D eigenvalue weighted by atomic mass is 35.5. The minimum Gasteiger partial charge on any atom is -0.352 e. The number of primary amides is 1. The van der Waals surface area contributed by atoms with Crippen LogP contribution in [0, 0.1) is 5.82 Å². The molecule has 1 aromatic rings. The fourth-order valence-electron chi connectivity index (χ4n) is 1.13. The molecule has 0 aromatic heterocycles. The molecule has 0 unspecified atom stereocenters. The second-order valence-electron chi connectivity index (χ2n) is 2.95. The van der Waals surface area contributed by atoms with Gasteiger partial charge in [0.1, 0.15) is 5.82 Å². The first-order chi connectivity index (χ1) is 7.13. The fourth-order valence-corrected chi connectivity index (χ4v) is 1.29. The Hall–Kier alpha value is -1.33. The van der Waals surface area contributed by atoms with Gasteiger partial charge in [-0.15, -0.1) is 0 Å². The van der Waals surface area contributed by atoms with Crippen LogP contribution in [0.5, 0.6) is 0 Å². The topological polar surface area (TPSA) is 67.2 Å². The lowest BCUT2D eigenvalue weighted by molar-refractivity contribution is 0.248. The largest absolute Gasteiger partial charge is 0.352 e. The summed E-state index contributed by atoms with van der Waals surface area (Å²) in [5.41, 5.74) is 6.08. The van der Waals surface area contributed by atoms with Crippen molar-refractivity contribution in [1.29, 1.82) is 0 Å². The van der Waals surface area contributed by atoms with Crippen LogP contribution in [0.1, 0.15) is 11.1 Å². The summed E-state index contributed by atoms with van der Waals surface area (Å²) in [5.74, 6) is -0.387. The van der Waals surface area contributed by atoms with Crippen LogP contribution in [-0.2, 0) is 13.1 Å². The maximum atomic E-state index is 13.2. The van der Waals surface area contributed by atoms with Crippen LogP contribution in [0.25, 0.3) is 0 Å². The van der Waals surface area contributed by atoms with Gasteiger partial charge in [0, 0.05) is 18.7 Å². The fraction of sp³-hybridized carbons (Fsp3) is 0.222. The molecule has 6 heteroatoms. The van der Waals surface area contributed by atoms with Gasteiger partial charge in [0.25, 0.3) is 0 Å². The molecule has 0 spiro atoms. The minimum atomic E-state index is -0.685. The van der Waals surface area contributed by atoms with E-state index in [0.29, 0.717) is 12.1 Å². The van der Waals surface area contributed by atoms with Crippen LogP contribution in [0.15, 0.2) is 18.2 Å². The Kier molecular flexibility index (Phi) is 4.33. The highest BCUT2D eigenvalue weighted by molar-refractivity contribution is 6.13. The molecule has 0 saturated carbocycles. The SMILES string of the molecule is NC(=O)NCc1cc(CNCl)ccc1F. The number of halogens is 2. The highest BCUT2D eigenvalue weighted by Crippen LogP contribution is 2.10. The molecule has 4 N–H and O–H groups in total. The summed E-state index contributed by atoms with van der Waals surface area (Å²) in [7, 11) is 0. The Bertz CT molecular complexity index is 359. The third-order valence-corrected chi connectivity index (χ3v) is 1.97. The zero-order chi connectivity index (χ0) is 11.3. The van der Waals surface area contributed by atoms with Crippen molar-refractivity contribution in [3.8, 4) is 0 Å². The Morgan fingerprint density at radius 2 is 2.20 bits per heavy atom. The van der Waals surface area contributed by atoms with Gasteiger partial charge in [0.2, 0.25) is 0 Å². The van der Waals surface area contributed by atoms with E-state index in [0.717, 1.165) is 5.56 Å². The van der Waals surface area contributed by atoms with E-state index in [4.69, 9.17) is 17.5 Å². The number of urea groups is 1. The van der Waals surface area contributed by atoms with E-state index < -0.39 is 6.03 Å². The van der Waals surface area contributed by atoms with Crippen molar-refractivity contribution in [3.05, 3.63) is 35.1 Å². The molecule has 0 radical (unpaired) electrons. The molecule has 0 fully saturated rings. The van der Waals surface area contributed by atoms with E-state index in [-0.39, 0.29) is 12.4 Å². The monoisotopic (exact) mass is 231 g/mol. The number of nitrogens with two attached hydrogens (primary N) is 1. The van der Waals surface area contributed by atoms with E-state index in [1.165, 1.54) is 6.07 Å². The molecule has 0 heterocycles. The molecular formula is C9H11ClFN3O. The molecular weight excluding hydrogens is 221 g/mol. The molecule has 2 amide bonds. The van der Waals surface area contributed by atoms with Crippen molar-refractivity contribution < 1.29 is 9.18 Å². The highest BCUT2D eigenvalue weighted by Gasteiger charge is 2.04. The smallest absolute Gasteiger partial charge is 0.312 e. The number of benzene rings is 1. The molecule has 0 aliphatic heterocycles. The van der Waals surface area contributed by atoms with E-state index in [2.05, 4.69) is 10.2 Å². The first-order valence-electron chi connectivity index (χ1n) is 4.27. The summed E-state index contributed by atoms with van der Waals surface area (Å²) >= 11 is 5.32. The van der Waals surface area contributed by atoms with Crippen LogP contribution >= 0.6 is 11.8 Å². The summed E-state index contributed by atoms with van der Waals surface area (Å²) < 4.78 is 13.2. The molecule has 0 atom stereocenters. The summed E-state index contributed by atoms with van der Waals surface area (Å²) in [6.07, 6.45) is 0. The third kappa shape index (κ3) is 3.73. The van der Waals surface area contributed by atoms with Gasteiger partial charge in [-0.2, -0.15) is 0 Å². The van der Waals surface area contributed by atoms with Crippen LogP contribution in [0.3, 0.4) is 0 Å². The summed E-state index contributed by atoms with van der Waals surface area (Å²) in [5, 5.41) is 2.32. The summed E-state index contributed by atoms with van der Waals surface area (Å²) in [4.78, 5) is 12.9. The number of rotatable bonds is 4. The van der Waals surface area contributed by atoms with Gasteiger partial charge in [0.05, 0.1) is 0 Å². The van der Waals surface area contributed by atoms with Crippen molar-refractivity contribution in [3.63, 3.8) is 0 Å². The number of hydrogen-bond acceptors (Lipinski definition) is 2. The van der Waals surface area contributed by atoms with Crippen molar-refractivity contribution in [2.24, 2.45) is 5.73 Å². The second kappa shape index (κ2) is 5.53. The van der Waals surface area contributed by atoms with Gasteiger partial charge < -0.3 is 11.1 Å². The molecule has 0 saturated heterocycles. The third-order valence-electron chi connectivity index (χ3n) is 1.83. The molecule has 82 valence electrons. The maximum Gasteiger partial charge on any atom is 0.312 e. The first kappa shape index (κ1) is 11.7. The lowest BCUT2D eigenvalue weighted by atomic mass is 10.1. The Morgan fingerprint density at radius 1 is 1.47 bits per heavy atom. The molecule has 4 nitrogen and oxygen atoms in total. The van der Waals surface area contributed by atoms with Gasteiger partial charge in [-0.1, -0.05) is 6.07 Å². The average Bonchev–Trinajstić information content (AvgIpc) is 2.19. The van der Waals surface area contributed by atoms with Crippen LogP contribution < -0.4 is 15.9 Å². The van der Waals surface area contributed by atoms with Crippen LogP contribution in [0.4, 0.5) is 9.18 Å². The van der Waals surface area contributed by atoms with Gasteiger partial charge in [0.15, 0.2) is 0 Å². The normalized spacial score (nSPS) is 10.0. The van der Waals surface area contributed by atoms with Crippen molar-refractivity contribution >= 4 is 17.8 Å². The molecule has 0 aliphatic carbocycles. The van der Waals surface area contributed by atoms with Crippen LogP contribution in [-0.4, -0.2) is 6.03 Å². The number of carbonyl (C=O) groups is 1. The van der Waals surface area contributed by atoms with Gasteiger partial charge in [-0.25, -0.2) is 14.0 Å². The number of carbonyl (C=O) groups excluding carboxylic acids is 1. The van der Waals surface area contributed by atoms with E-state index in [1.54, 1.807) is 12.1 Å². The van der Waals surface area contributed by atoms with Crippen molar-refractivity contribution in [2.45, 2.75) is 13.1 Å². The number of nitrogens with one attached hydrogen (secondary N) is 2. The zero-order valence-electron chi connectivity index (χ0n) is 7.89.